The number of hydrogen-bond donors (Lipinski definition) is 1. The lowest BCUT2D eigenvalue weighted by Crippen LogP contribution is -2.30. The summed E-state index contributed by atoms with van der Waals surface area (Å²) in [5.41, 5.74) is 3.35. The number of rotatable bonds is 7. The predicted molar refractivity (Wildman–Crippen MR) is 126 cm³/mol. The molecule has 0 radical (unpaired) electrons. The van der Waals surface area contributed by atoms with Crippen molar-refractivity contribution in [2.75, 3.05) is 14.2 Å². The molecule has 7 heteroatoms. The van der Waals surface area contributed by atoms with E-state index in [9.17, 15) is 4.79 Å². The Kier molecular flexibility index (Phi) is 6.32. The maximum Gasteiger partial charge on any atom is 0.251 e. The molecular formula is C25H24ClN3O3. The normalized spacial score (nSPS) is 11.9. The van der Waals surface area contributed by atoms with E-state index in [4.69, 9.17) is 26.1 Å². The van der Waals surface area contributed by atoms with Crippen molar-refractivity contribution in [1.29, 1.82) is 0 Å². The lowest BCUT2D eigenvalue weighted by atomic mass is 10.0. The molecule has 0 saturated carbocycles. The Labute approximate surface area is 191 Å². The number of carbonyl (C=O) groups excluding carboxylic acids is 1. The Morgan fingerprint density at radius 2 is 1.78 bits per heavy atom. The molecule has 3 aromatic carbocycles. The highest BCUT2D eigenvalue weighted by Gasteiger charge is 2.21. The molecule has 1 N–H and O–H groups in total. The SMILES string of the molecule is COc1cc(C(=O)N[C@@H](Cc2nc3ccccc3n2C)c2ccccc2)cc(Cl)c1OC. The summed E-state index contributed by atoms with van der Waals surface area (Å²) in [6.07, 6.45) is 0.530. The number of hydrogen-bond acceptors (Lipinski definition) is 4. The second kappa shape index (κ2) is 9.32. The van der Waals surface area contributed by atoms with Crippen molar-refractivity contribution in [1.82, 2.24) is 14.9 Å². The van der Waals surface area contributed by atoms with Crippen molar-refractivity contribution < 1.29 is 14.3 Å². The molecule has 0 saturated heterocycles. The lowest BCUT2D eigenvalue weighted by Gasteiger charge is -2.20. The molecule has 4 aromatic rings. The second-order valence-electron chi connectivity index (χ2n) is 7.41. The zero-order chi connectivity index (χ0) is 22.7. The van der Waals surface area contributed by atoms with Gasteiger partial charge in [0, 0.05) is 19.0 Å². The quantitative estimate of drug-likeness (QED) is 0.433. The number of halogens is 1. The average molecular weight is 450 g/mol. The minimum atomic E-state index is -0.286. The van der Waals surface area contributed by atoms with Gasteiger partial charge in [-0.25, -0.2) is 4.98 Å². The number of methoxy groups -OCH3 is 2. The molecular weight excluding hydrogens is 426 g/mol. The maximum atomic E-state index is 13.2. The van der Waals surface area contributed by atoms with Gasteiger partial charge in [-0.3, -0.25) is 4.79 Å². The van der Waals surface area contributed by atoms with E-state index in [-0.39, 0.29) is 11.9 Å². The first kappa shape index (κ1) is 21.7. The Morgan fingerprint density at radius 3 is 2.47 bits per heavy atom. The number of amides is 1. The molecule has 1 amide bonds. The lowest BCUT2D eigenvalue weighted by molar-refractivity contribution is 0.0935. The number of nitrogens with one attached hydrogen (secondary N) is 1. The van der Waals surface area contributed by atoms with Crippen LogP contribution in [0.15, 0.2) is 66.7 Å². The number of ether oxygens (including phenoxy) is 2. The van der Waals surface area contributed by atoms with Gasteiger partial charge in [0.2, 0.25) is 0 Å². The summed E-state index contributed by atoms with van der Waals surface area (Å²) < 4.78 is 12.7. The third kappa shape index (κ3) is 4.27. The van der Waals surface area contributed by atoms with E-state index in [1.54, 1.807) is 12.1 Å². The van der Waals surface area contributed by atoms with E-state index < -0.39 is 0 Å². The predicted octanol–water partition coefficient (Wildman–Crippen LogP) is 4.96. The van der Waals surface area contributed by atoms with E-state index in [0.717, 1.165) is 22.4 Å². The minimum Gasteiger partial charge on any atom is -0.493 e. The molecule has 0 fully saturated rings. The van der Waals surface area contributed by atoms with Crippen LogP contribution in [0, 0.1) is 0 Å². The molecule has 0 aliphatic carbocycles. The van der Waals surface area contributed by atoms with Crippen molar-refractivity contribution >= 4 is 28.5 Å². The van der Waals surface area contributed by atoms with Gasteiger partial charge in [0.15, 0.2) is 11.5 Å². The first-order chi connectivity index (χ1) is 15.5. The Bertz CT molecular complexity index is 1250. The summed E-state index contributed by atoms with van der Waals surface area (Å²) in [7, 11) is 5.00. The third-order valence-electron chi connectivity index (χ3n) is 5.47. The Hall–Kier alpha value is -3.51. The highest BCUT2D eigenvalue weighted by Crippen LogP contribution is 2.36. The van der Waals surface area contributed by atoms with Crippen molar-refractivity contribution in [3.05, 3.63) is 88.7 Å². The zero-order valence-electron chi connectivity index (χ0n) is 18.1. The van der Waals surface area contributed by atoms with Crippen molar-refractivity contribution in [3.8, 4) is 11.5 Å². The van der Waals surface area contributed by atoms with E-state index in [1.165, 1.54) is 14.2 Å². The van der Waals surface area contributed by atoms with Crippen LogP contribution in [-0.2, 0) is 13.5 Å². The van der Waals surface area contributed by atoms with Crippen molar-refractivity contribution in [2.45, 2.75) is 12.5 Å². The molecule has 0 unspecified atom stereocenters. The fraction of sp³-hybridized carbons (Fsp3) is 0.200. The molecule has 0 aliphatic heterocycles. The average Bonchev–Trinajstić information content (AvgIpc) is 3.13. The Morgan fingerprint density at radius 1 is 1.06 bits per heavy atom. The second-order valence-corrected chi connectivity index (χ2v) is 7.82. The molecule has 1 atom stereocenters. The van der Waals surface area contributed by atoms with Crippen LogP contribution >= 0.6 is 11.6 Å². The van der Waals surface area contributed by atoms with E-state index in [1.807, 2.05) is 61.6 Å². The van der Waals surface area contributed by atoms with Gasteiger partial charge in [0.25, 0.3) is 5.91 Å². The largest absolute Gasteiger partial charge is 0.493 e. The molecule has 6 nitrogen and oxygen atoms in total. The van der Waals surface area contributed by atoms with Crippen molar-refractivity contribution in [3.63, 3.8) is 0 Å². The van der Waals surface area contributed by atoms with E-state index >= 15 is 0 Å². The molecule has 164 valence electrons. The third-order valence-corrected chi connectivity index (χ3v) is 5.75. The number of nitrogens with zero attached hydrogens (tertiary/aromatic N) is 2. The van der Waals surface area contributed by atoms with E-state index in [0.29, 0.717) is 28.5 Å². The van der Waals surface area contributed by atoms with Gasteiger partial charge in [-0.2, -0.15) is 0 Å². The fourth-order valence-electron chi connectivity index (χ4n) is 3.79. The van der Waals surface area contributed by atoms with E-state index in [2.05, 4.69) is 9.88 Å². The fourth-order valence-corrected chi connectivity index (χ4v) is 4.08. The minimum absolute atomic E-state index is 0.263. The smallest absolute Gasteiger partial charge is 0.251 e. The summed E-state index contributed by atoms with van der Waals surface area (Å²) >= 11 is 6.31. The number of carbonyl (C=O) groups is 1. The summed E-state index contributed by atoms with van der Waals surface area (Å²) in [5, 5.41) is 3.45. The molecule has 32 heavy (non-hydrogen) atoms. The number of aromatic nitrogens is 2. The summed E-state index contributed by atoms with van der Waals surface area (Å²) in [4.78, 5) is 18.0. The van der Waals surface area contributed by atoms with Gasteiger partial charge in [-0.1, -0.05) is 54.1 Å². The first-order valence-electron chi connectivity index (χ1n) is 10.2. The van der Waals surface area contributed by atoms with Crippen LogP contribution in [0.5, 0.6) is 11.5 Å². The summed E-state index contributed by atoms with van der Waals surface area (Å²) in [6, 6.07) is 20.7. The standard InChI is InChI=1S/C25H24ClN3O3/c1-29-21-12-8-7-11-19(21)27-23(29)15-20(16-9-5-4-6-10-16)28-25(30)17-13-18(26)24(32-3)22(14-17)31-2/h4-14,20H,15H2,1-3H3,(H,28,30)/t20-/m0/s1. The molecule has 0 bridgehead atoms. The summed E-state index contributed by atoms with van der Waals surface area (Å²) in [5.74, 6) is 1.41. The number of imidazole rings is 1. The highest BCUT2D eigenvalue weighted by atomic mass is 35.5. The zero-order valence-corrected chi connectivity index (χ0v) is 18.9. The van der Waals surface area contributed by atoms with Gasteiger partial charge < -0.3 is 19.4 Å². The first-order valence-corrected chi connectivity index (χ1v) is 10.6. The highest BCUT2D eigenvalue weighted by molar-refractivity contribution is 6.32. The summed E-state index contributed by atoms with van der Waals surface area (Å²) in [6.45, 7) is 0. The van der Waals surface area contributed by atoms with Gasteiger partial charge >= 0.3 is 0 Å². The van der Waals surface area contributed by atoms with Crippen LogP contribution in [0.3, 0.4) is 0 Å². The monoisotopic (exact) mass is 449 g/mol. The van der Waals surface area contributed by atoms with Gasteiger partial charge in [-0.05, 0) is 29.8 Å². The number of para-hydroxylation sites is 2. The van der Waals surface area contributed by atoms with Gasteiger partial charge in [0.1, 0.15) is 5.82 Å². The number of aryl methyl sites for hydroxylation is 1. The van der Waals surface area contributed by atoms with Gasteiger partial charge in [-0.15, -0.1) is 0 Å². The van der Waals surface area contributed by atoms with Crippen LogP contribution in [0.2, 0.25) is 5.02 Å². The molecule has 0 aliphatic rings. The van der Waals surface area contributed by atoms with Crippen LogP contribution in [0.25, 0.3) is 11.0 Å². The maximum absolute atomic E-state index is 13.2. The number of fused-ring (bicyclic) bond motifs is 1. The molecule has 4 rings (SSSR count). The van der Waals surface area contributed by atoms with Crippen LogP contribution in [-0.4, -0.2) is 29.7 Å². The Balaban J connectivity index is 1.67. The molecule has 1 aromatic heterocycles. The molecule has 0 spiro atoms. The van der Waals surface area contributed by atoms with Crippen LogP contribution in [0.1, 0.15) is 27.8 Å². The number of benzene rings is 3. The van der Waals surface area contributed by atoms with Crippen LogP contribution in [0.4, 0.5) is 0 Å². The molecule has 1 heterocycles. The topological polar surface area (TPSA) is 65.4 Å². The van der Waals surface area contributed by atoms with Gasteiger partial charge in [0.05, 0.1) is 36.3 Å². The van der Waals surface area contributed by atoms with Crippen LogP contribution < -0.4 is 14.8 Å². The van der Waals surface area contributed by atoms with Crippen molar-refractivity contribution in [2.24, 2.45) is 7.05 Å².